The van der Waals surface area contributed by atoms with E-state index in [1.807, 2.05) is 31.2 Å². The van der Waals surface area contributed by atoms with E-state index in [9.17, 15) is 0 Å². The Morgan fingerprint density at radius 3 is 2.25 bits per heavy atom. The van der Waals surface area contributed by atoms with Crippen molar-refractivity contribution in [2.75, 3.05) is 0 Å². The highest BCUT2D eigenvalue weighted by Gasteiger charge is 2.12. The largest absolute Gasteiger partial charge is 0.448 e. The fourth-order valence-electron chi connectivity index (χ4n) is 1.43. The summed E-state index contributed by atoms with van der Waals surface area (Å²) in [7, 11) is 0. The quantitative estimate of drug-likeness (QED) is 0.891. The van der Waals surface area contributed by atoms with E-state index in [2.05, 4.69) is 0 Å². The molecule has 0 radical (unpaired) electrons. The van der Waals surface area contributed by atoms with Crippen LogP contribution in [-0.4, -0.2) is 0 Å². The summed E-state index contributed by atoms with van der Waals surface area (Å²) in [5.41, 5.74) is 8.26. The Morgan fingerprint density at radius 1 is 1.12 bits per heavy atom. The van der Waals surface area contributed by atoms with Crippen LogP contribution in [0.3, 0.4) is 0 Å². The number of benzene rings is 1. The molecule has 0 amide bonds. The monoisotopic (exact) mass is 257 g/mol. The SMILES string of the molecule is Cc1ccc(C(N)c2ccc(Cl)o2)cc1.Cl. The zero-order valence-electron chi connectivity index (χ0n) is 8.81. The Labute approximate surface area is 106 Å². The van der Waals surface area contributed by atoms with Gasteiger partial charge in [0.1, 0.15) is 5.76 Å². The first-order valence-electron chi connectivity index (χ1n) is 4.74. The molecule has 0 spiro atoms. The van der Waals surface area contributed by atoms with Crippen molar-refractivity contribution >= 4 is 24.0 Å². The summed E-state index contributed by atoms with van der Waals surface area (Å²) in [4.78, 5) is 0. The first-order chi connectivity index (χ1) is 7.16. The van der Waals surface area contributed by atoms with Crippen LogP contribution in [-0.2, 0) is 0 Å². The lowest BCUT2D eigenvalue weighted by Gasteiger charge is -2.08. The standard InChI is InChI=1S/C12H12ClNO.ClH/c1-8-2-4-9(5-3-8)12(14)10-6-7-11(13)15-10;/h2-7,12H,14H2,1H3;1H. The number of hydrogen-bond donors (Lipinski definition) is 1. The van der Waals surface area contributed by atoms with Gasteiger partial charge in [-0.1, -0.05) is 29.8 Å². The lowest BCUT2D eigenvalue weighted by atomic mass is 10.0. The summed E-state index contributed by atoms with van der Waals surface area (Å²) in [5.74, 6) is 0.684. The zero-order valence-corrected chi connectivity index (χ0v) is 10.4. The van der Waals surface area contributed by atoms with Gasteiger partial charge in [-0.2, -0.15) is 0 Å². The molecule has 2 rings (SSSR count). The Bertz CT molecular complexity index is 450. The summed E-state index contributed by atoms with van der Waals surface area (Å²) in [6.07, 6.45) is 0. The smallest absolute Gasteiger partial charge is 0.193 e. The summed E-state index contributed by atoms with van der Waals surface area (Å²) in [5, 5.41) is 0.368. The summed E-state index contributed by atoms with van der Waals surface area (Å²) < 4.78 is 5.27. The van der Waals surface area contributed by atoms with Gasteiger partial charge >= 0.3 is 0 Å². The number of furan rings is 1. The van der Waals surface area contributed by atoms with Crippen LogP contribution in [0.25, 0.3) is 0 Å². The van der Waals surface area contributed by atoms with E-state index in [0.717, 1.165) is 5.56 Å². The average Bonchev–Trinajstić information content (AvgIpc) is 2.65. The predicted octanol–water partition coefficient (Wildman–Crippen LogP) is 3.71. The van der Waals surface area contributed by atoms with E-state index in [1.165, 1.54) is 5.56 Å². The minimum atomic E-state index is -0.252. The van der Waals surface area contributed by atoms with Crippen molar-refractivity contribution in [1.82, 2.24) is 0 Å². The molecule has 0 saturated heterocycles. The molecule has 1 aromatic carbocycles. The molecule has 1 aromatic heterocycles. The molecule has 1 atom stereocenters. The Balaban J connectivity index is 0.00000128. The van der Waals surface area contributed by atoms with Crippen LogP contribution in [0.4, 0.5) is 0 Å². The summed E-state index contributed by atoms with van der Waals surface area (Å²) >= 11 is 5.69. The number of aryl methyl sites for hydroxylation is 1. The summed E-state index contributed by atoms with van der Waals surface area (Å²) in [6.45, 7) is 2.04. The topological polar surface area (TPSA) is 39.2 Å². The van der Waals surface area contributed by atoms with Gasteiger partial charge in [0.25, 0.3) is 0 Å². The summed E-state index contributed by atoms with van der Waals surface area (Å²) in [6, 6.07) is 11.3. The minimum Gasteiger partial charge on any atom is -0.448 e. The molecule has 0 saturated carbocycles. The van der Waals surface area contributed by atoms with Crippen LogP contribution in [0.15, 0.2) is 40.8 Å². The first kappa shape index (κ1) is 13.1. The van der Waals surface area contributed by atoms with E-state index >= 15 is 0 Å². The van der Waals surface area contributed by atoms with E-state index in [4.69, 9.17) is 21.8 Å². The molecule has 0 fully saturated rings. The number of hydrogen-bond acceptors (Lipinski definition) is 2. The van der Waals surface area contributed by atoms with Crippen molar-refractivity contribution in [2.24, 2.45) is 5.73 Å². The number of rotatable bonds is 2. The fourth-order valence-corrected chi connectivity index (χ4v) is 1.59. The molecule has 2 aromatic rings. The molecule has 0 bridgehead atoms. The Kier molecular flexibility index (Phi) is 4.42. The maximum Gasteiger partial charge on any atom is 0.193 e. The molecule has 2 N–H and O–H groups in total. The minimum absolute atomic E-state index is 0. The lowest BCUT2D eigenvalue weighted by Crippen LogP contribution is -2.10. The van der Waals surface area contributed by atoms with Gasteiger partial charge in [0.15, 0.2) is 5.22 Å². The molecule has 0 aliphatic rings. The van der Waals surface area contributed by atoms with Crippen LogP contribution >= 0.6 is 24.0 Å². The third-order valence-electron chi connectivity index (χ3n) is 2.34. The van der Waals surface area contributed by atoms with Gasteiger partial charge in [-0.15, -0.1) is 12.4 Å². The second-order valence-electron chi connectivity index (χ2n) is 3.53. The van der Waals surface area contributed by atoms with E-state index in [1.54, 1.807) is 12.1 Å². The maximum atomic E-state index is 6.03. The van der Waals surface area contributed by atoms with Gasteiger partial charge in [-0.3, -0.25) is 0 Å². The molecule has 1 heterocycles. The first-order valence-corrected chi connectivity index (χ1v) is 5.12. The molecule has 0 aliphatic heterocycles. The van der Waals surface area contributed by atoms with Gasteiger partial charge in [-0.25, -0.2) is 0 Å². The molecule has 2 nitrogen and oxygen atoms in total. The molecule has 0 aliphatic carbocycles. The maximum absolute atomic E-state index is 6.03. The van der Waals surface area contributed by atoms with Crippen LogP contribution in [0.5, 0.6) is 0 Å². The van der Waals surface area contributed by atoms with Crippen molar-refractivity contribution in [3.8, 4) is 0 Å². The van der Waals surface area contributed by atoms with E-state index in [-0.39, 0.29) is 18.4 Å². The highest BCUT2D eigenvalue weighted by atomic mass is 35.5. The molecule has 1 unspecified atom stereocenters. The average molecular weight is 258 g/mol. The molecule has 4 heteroatoms. The van der Waals surface area contributed by atoms with Crippen LogP contribution < -0.4 is 5.73 Å². The molecular formula is C12H13Cl2NO. The Morgan fingerprint density at radius 2 is 1.75 bits per heavy atom. The van der Waals surface area contributed by atoms with Crippen LogP contribution in [0.2, 0.25) is 5.22 Å². The third kappa shape index (κ3) is 2.79. The van der Waals surface area contributed by atoms with Gasteiger partial charge in [-0.05, 0) is 36.2 Å². The molecule has 16 heavy (non-hydrogen) atoms. The van der Waals surface area contributed by atoms with Crippen LogP contribution in [0, 0.1) is 6.92 Å². The van der Waals surface area contributed by atoms with Gasteiger partial charge in [0.2, 0.25) is 0 Å². The van der Waals surface area contributed by atoms with Crippen molar-refractivity contribution in [1.29, 1.82) is 0 Å². The lowest BCUT2D eigenvalue weighted by molar-refractivity contribution is 0.491. The highest BCUT2D eigenvalue weighted by Crippen LogP contribution is 2.23. The number of halogens is 2. The predicted molar refractivity (Wildman–Crippen MR) is 68.2 cm³/mol. The molecule has 86 valence electrons. The highest BCUT2D eigenvalue weighted by molar-refractivity contribution is 6.28. The zero-order chi connectivity index (χ0) is 10.8. The van der Waals surface area contributed by atoms with Gasteiger partial charge in [0, 0.05) is 0 Å². The van der Waals surface area contributed by atoms with Crippen LogP contribution in [0.1, 0.15) is 22.9 Å². The van der Waals surface area contributed by atoms with Crippen molar-refractivity contribution in [3.63, 3.8) is 0 Å². The third-order valence-corrected chi connectivity index (χ3v) is 2.54. The van der Waals surface area contributed by atoms with Crippen molar-refractivity contribution in [2.45, 2.75) is 13.0 Å². The number of nitrogens with two attached hydrogens (primary N) is 1. The second kappa shape index (κ2) is 5.39. The normalized spacial score (nSPS) is 11.9. The fraction of sp³-hybridized carbons (Fsp3) is 0.167. The van der Waals surface area contributed by atoms with Gasteiger partial charge in [0.05, 0.1) is 6.04 Å². The van der Waals surface area contributed by atoms with E-state index < -0.39 is 0 Å². The Hall–Kier alpha value is -0.960. The van der Waals surface area contributed by atoms with E-state index in [0.29, 0.717) is 11.0 Å². The molecular weight excluding hydrogens is 245 g/mol. The van der Waals surface area contributed by atoms with Crippen molar-refractivity contribution in [3.05, 3.63) is 58.5 Å². The second-order valence-corrected chi connectivity index (χ2v) is 3.90. The van der Waals surface area contributed by atoms with Gasteiger partial charge < -0.3 is 10.2 Å². The van der Waals surface area contributed by atoms with Crippen molar-refractivity contribution < 1.29 is 4.42 Å².